The Balaban J connectivity index is 0. The second-order valence-electron chi connectivity index (χ2n) is 4.38. The summed E-state index contributed by atoms with van der Waals surface area (Å²) in [6.07, 6.45) is 0. The van der Waals surface area contributed by atoms with Gasteiger partial charge in [-0.05, 0) is 42.5 Å². The first-order valence-corrected chi connectivity index (χ1v) is 7.25. The zero-order valence-electron chi connectivity index (χ0n) is 14.9. The molecule has 0 unspecified atom stereocenters. The van der Waals surface area contributed by atoms with Gasteiger partial charge in [-0.2, -0.15) is 0 Å². The molecule has 0 spiro atoms. The van der Waals surface area contributed by atoms with Crippen molar-refractivity contribution in [3.8, 4) is 0 Å². The standard InChI is InChI=1S/2C8H6O4.2CH4O/c9-7(10)5-1-2-6(4-3-5)8(11)12;9-7(10)5-2-1-3-6(4-5)8(11)12;2*1-2/h2*1-4H,(H,9,10)(H,11,12);2*2H,1H3. The Kier molecular flexibility index (Phi) is 13.6. The van der Waals surface area contributed by atoms with Crippen LogP contribution in [0.4, 0.5) is 0 Å². The van der Waals surface area contributed by atoms with Crippen molar-refractivity contribution >= 4 is 23.9 Å². The van der Waals surface area contributed by atoms with Crippen LogP contribution in [0.15, 0.2) is 48.5 Å². The number of aliphatic hydroxyl groups excluding tert-OH is 2. The molecule has 2 aromatic carbocycles. The van der Waals surface area contributed by atoms with Gasteiger partial charge in [-0.1, -0.05) is 6.07 Å². The topological polar surface area (TPSA) is 190 Å². The fourth-order valence-electron chi connectivity index (χ4n) is 1.54. The van der Waals surface area contributed by atoms with Gasteiger partial charge in [0.1, 0.15) is 0 Å². The van der Waals surface area contributed by atoms with Crippen LogP contribution in [0.3, 0.4) is 0 Å². The molecule has 10 heteroatoms. The maximum atomic E-state index is 10.4. The van der Waals surface area contributed by atoms with E-state index in [1.54, 1.807) is 0 Å². The molecule has 0 atom stereocenters. The minimum Gasteiger partial charge on any atom is -0.478 e. The molecular weight excluding hydrogens is 376 g/mol. The summed E-state index contributed by atoms with van der Waals surface area (Å²) in [4.78, 5) is 41.4. The van der Waals surface area contributed by atoms with Gasteiger partial charge in [0.25, 0.3) is 0 Å². The van der Waals surface area contributed by atoms with E-state index in [1.165, 1.54) is 42.5 Å². The minimum absolute atomic E-state index is 0.0186. The van der Waals surface area contributed by atoms with Gasteiger partial charge < -0.3 is 30.6 Å². The molecule has 0 fully saturated rings. The van der Waals surface area contributed by atoms with Gasteiger partial charge in [-0.15, -0.1) is 0 Å². The summed E-state index contributed by atoms with van der Waals surface area (Å²) in [5, 5.41) is 47.9. The van der Waals surface area contributed by atoms with Crippen molar-refractivity contribution in [2.45, 2.75) is 0 Å². The predicted octanol–water partition coefficient (Wildman–Crippen LogP) is 1.38. The van der Waals surface area contributed by atoms with Crippen LogP contribution in [0.2, 0.25) is 0 Å². The Morgan fingerprint density at radius 2 is 0.750 bits per heavy atom. The Morgan fingerprint density at radius 1 is 0.500 bits per heavy atom. The number of aliphatic hydroxyl groups is 2. The van der Waals surface area contributed by atoms with Crippen LogP contribution in [0, 0.1) is 0 Å². The number of aromatic carboxylic acids is 4. The third-order valence-corrected chi connectivity index (χ3v) is 2.74. The van der Waals surface area contributed by atoms with E-state index in [1.807, 2.05) is 0 Å². The molecule has 6 N–H and O–H groups in total. The zero-order valence-corrected chi connectivity index (χ0v) is 14.9. The van der Waals surface area contributed by atoms with Crippen molar-refractivity contribution in [3.05, 3.63) is 70.8 Å². The highest BCUT2D eigenvalue weighted by molar-refractivity contribution is 5.93. The summed E-state index contributed by atoms with van der Waals surface area (Å²) in [5.41, 5.74) is 0.129. The molecule has 0 radical (unpaired) electrons. The summed E-state index contributed by atoms with van der Waals surface area (Å²) >= 11 is 0. The van der Waals surface area contributed by atoms with Crippen molar-refractivity contribution < 1.29 is 49.8 Å². The van der Waals surface area contributed by atoms with Crippen molar-refractivity contribution in [1.29, 1.82) is 0 Å². The van der Waals surface area contributed by atoms with Crippen LogP contribution in [-0.2, 0) is 0 Å². The highest BCUT2D eigenvalue weighted by Gasteiger charge is 2.07. The molecule has 0 aliphatic heterocycles. The van der Waals surface area contributed by atoms with Gasteiger partial charge >= 0.3 is 23.9 Å². The van der Waals surface area contributed by atoms with Gasteiger partial charge in [0.05, 0.1) is 22.3 Å². The van der Waals surface area contributed by atoms with E-state index in [2.05, 4.69) is 0 Å². The molecular formula is C18H20O10. The van der Waals surface area contributed by atoms with E-state index in [4.69, 9.17) is 30.6 Å². The van der Waals surface area contributed by atoms with Crippen LogP contribution in [-0.4, -0.2) is 68.7 Å². The van der Waals surface area contributed by atoms with Gasteiger partial charge in [0.2, 0.25) is 0 Å². The third kappa shape index (κ3) is 9.65. The Bertz CT molecular complexity index is 719. The lowest BCUT2D eigenvalue weighted by Crippen LogP contribution is -2.01. The Hall–Kier alpha value is -3.76. The SMILES string of the molecule is CO.CO.O=C(O)c1ccc(C(=O)O)cc1.O=C(O)c1cccc(C(=O)O)c1. The molecule has 152 valence electrons. The molecule has 0 aliphatic rings. The normalized spacial score (nSPS) is 8.43. The number of rotatable bonds is 4. The van der Waals surface area contributed by atoms with Crippen molar-refractivity contribution in [2.24, 2.45) is 0 Å². The first kappa shape index (κ1) is 26.5. The van der Waals surface area contributed by atoms with Gasteiger partial charge in [0, 0.05) is 14.2 Å². The fraction of sp³-hybridized carbons (Fsp3) is 0.111. The molecule has 10 nitrogen and oxygen atoms in total. The maximum Gasteiger partial charge on any atom is 0.335 e. The monoisotopic (exact) mass is 396 g/mol. The Morgan fingerprint density at radius 3 is 0.964 bits per heavy atom. The summed E-state index contributed by atoms with van der Waals surface area (Å²) < 4.78 is 0. The summed E-state index contributed by atoms with van der Waals surface area (Å²) in [5.74, 6) is -4.38. The Labute approximate surface area is 159 Å². The molecule has 0 saturated heterocycles. The average Bonchev–Trinajstić information content (AvgIpc) is 2.71. The summed E-state index contributed by atoms with van der Waals surface area (Å²) in [6, 6.07) is 10.2. The molecule has 28 heavy (non-hydrogen) atoms. The minimum atomic E-state index is -1.13. The molecule has 0 saturated carbocycles. The molecule has 0 aromatic heterocycles. The maximum absolute atomic E-state index is 10.4. The van der Waals surface area contributed by atoms with E-state index >= 15 is 0 Å². The first-order chi connectivity index (χ1) is 13.2. The lowest BCUT2D eigenvalue weighted by atomic mass is 10.1. The van der Waals surface area contributed by atoms with Gasteiger partial charge in [0.15, 0.2) is 0 Å². The van der Waals surface area contributed by atoms with Gasteiger partial charge in [-0.25, -0.2) is 19.2 Å². The van der Waals surface area contributed by atoms with Crippen molar-refractivity contribution in [3.63, 3.8) is 0 Å². The summed E-state index contributed by atoms with van der Waals surface area (Å²) in [6.45, 7) is 0. The number of carboxylic acid groups (broad SMARTS) is 4. The number of benzene rings is 2. The number of hydrogen-bond acceptors (Lipinski definition) is 6. The lowest BCUT2D eigenvalue weighted by molar-refractivity contribution is 0.0681. The van der Waals surface area contributed by atoms with E-state index in [0.717, 1.165) is 20.3 Å². The number of carbonyl (C=O) groups is 4. The zero-order chi connectivity index (χ0) is 22.3. The van der Waals surface area contributed by atoms with Crippen LogP contribution in [0.5, 0.6) is 0 Å². The number of hydrogen-bond donors (Lipinski definition) is 6. The average molecular weight is 396 g/mol. The van der Waals surface area contributed by atoms with Crippen LogP contribution >= 0.6 is 0 Å². The predicted molar refractivity (Wildman–Crippen MR) is 97.0 cm³/mol. The van der Waals surface area contributed by atoms with E-state index in [0.29, 0.717) is 0 Å². The highest BCUT2D eigenvalue weighted by atomic mass is 16.4. The molecule has 2 rings (SSSR count). The van der Waals surface area contributed by atoms with E-state index in [-0.39, 0.29) is 22.3 Å². The van der Waals surface area contributed by atoms with E-state index in [9.17, 15) is 19.2 Å². The molecule has 0 amide bonds. The highest BCUT2D eigenvalue weighted by Crippen LogP contribution is 2.05. The van der Waals surface area contributed by atoms with E-state index < -0.39 is 23.9 Å². The second kappa shape index (κ2) is 14.4. The molecule has 0 bridgehead atoms. The molecule has 2 aromatic rings. The molecule has 0 aliphatic carbocycles. The lowest BCUT2D eigenvalue weighted by Gasteiger charge is -1.95. The number of carboxylic acids is 4. The first-order valence-electron chi connectivity index (χ1n) is 7.25. The summed E-state index contributed by atoms with van der Waals surface area (Å²) in [7, 11) is 2.00. The van der Waals surface area contributed by atoms with Crippen LogP contribution < -0.4 is 0 Å². The fourth-order valence-corrected chi connectivity index (χ4v) is 1.54. The smallest absolute Gasteiger partial charge is 0.335 e. The quantitative estimate of drug-likeness (QED) is 0.440. The molecule has 0 heterocycles. The van der Waals surface area contributed by atoms with Crippen LogP contribution in [0.1, 0.15) is 41.4 Å². The van der Waals surface area contributed by atoms with Gasteiger partial charge in [-0.3, -0.25) is 0 Å². The third-order valence-electron chi connectivity index (χ3n) is 2.74. The van der Waals surface area contributed by atoms with Crippen LogP contribution in [0.25, 0.3) is 0 Å². The van der Waals surface area contributed by atoms with Crippen molar-refractivity contribution in [2.75, 3.05) is 14.2 Å². The largest absolute Gasteiger partial charge is 0.478 e. The van der Waals surface area contributed by atoms with Crippen molar-refractivity contribution in [1.82, 2.24) is 0 Å². The second-order valence-corrected chi connectivity index (χ2v) is 4.38.